The number of carbonyl (C=O) groups excluding carboxylic acids is 1. The Morgan fingerprint density at radius 3 is 2.74 bits per heavy atom. The highest BCUT2D eigenvalue weighted by molar-refractivity contribution is 5.93. The summed E-state index contributed by atoms with van der Waals surface area (Å²) >= 11 is 0. The van der Waals surface area contributed by atoms with Gasteiger partial charge in [0.05, 0.1) is 6.04 Å². The van der Waals surface area contributed by atoms with Crippen molar-refractivity contribution in [3.8, 4) is 0 Å². The number of hydrogen-bond donors (Lipinski definition) is 2. The number of carbonyl (C=O) groups is 1. The average Bonchev–Trinajstić information content (AvgIpc) is 2.63. The van der Waals surface area contributed by atoms with Crippen LogP contribution < -0.4 is 11.1 Å². The van der Waals surface area contributed by atoms with Crippen LogP contribution in [-0.4, -0.2) is 27.9 Å². The molecular weight excluding hydrogens is 285 g/mol. The van der Waals surface area contributed by atoms with E-state index in [0.29, 0.717) is 11.1 Å². The van der Waals surface area contributed by atoms with Gasteiger partial charge in [-0.1, -0.05) is 13.3 Å². The van der Waals surface area contributed by atoms with E-state index in [1.807, 2.05) is 6.92 Å². The van der Waals surface area contributed by atoms with E-state index >= 15 is 0 Å². The smallest absolute Gasteiger partial charge is 0.320 e. The molecule has 1 amide bonds. The van der Waals surface area contributed by atoms with Gasteiger partial charge in [0.1, 0.15) is 6.54 Å². The van der Waals surface area contributed by atoms with E-state index in [1.54, 1.807) is 0 Å². The molecule has 1 unspecified atom stereocenters. The summed E-state index contributed by atoms with van der Waals surface area (Å²) in [6, 6.07) is 0.616. The van der Waals surface area contributed by atoms with Crippen LogP contribution in [0.3, 0.4) is 0 Å². The highest BCUT2D eigenvalue weighted by Crippen LogP contribution is 2.17. The summed E-state index contributed by atoms with van der Waals surface area (Å²) in [6.07, 6.45) is -1.94. The van der Waals surface area contributed by atoms with E-state index in [-0.39, 0.29) is 18.2 Å². The van der Waals surface area contributed by atoms with E-state index in [2.05, 4.69) is 10.4 Å². The Morgan fingerprint density at radius 2 is 2.21 bits per heavy atom. The minimum Gasteiger partial charge on any atom is -0.320 e. The van der Waals surface area contributed by atoms with E-state index < -0.39 is 24.7 Å². The number of anilines is 1. The van der Waals surface area contributed by atoms with Gasteiger partial charge in [0.2, 0.25) is 5.91 Å². The molecule has 0 saturated heterocycles. The molecule has 0 saturated carbocycles. The number of aromatic nitrogens is 2. The second kappa shape index (κ2) is 7.34. The summed E-state index contributed by atoms with van der Waals surface area (Å²) in [5.41, 5.74) is 5.56. The molecule has 9 heteroatoms. The fraction of sp³-hybridized carbons (Fsp3) is 0.600. The number of nitrogens with zero attached hydrogens (tertiary/aromatic N) is 2. The molecule has 0 fully saturated rings. The zero-order chi connectivity index (χ0) is 13.8. The summed E-state index contributed by atoms with van der Waals surface area (Å²) in [7, 11) is 0. The van der Waals surface area contributed by atoms with Crippen molar-refractivity contribution in [2.24, 2.45) is 5.73 Å². The van der Waals surface area contributed by atoms with E-state index in [9.17, 15) is 18.0 Å². The van der Waals surface area contributed by atoms with Crippen LogP contribution in [-0.2, 0) is 11.3 Å². The predicted molar refractivity (Wildman–Crippen MR) is 67.0 cm³/mol. The summed E-state index contributed by atoms with van der Waals surface area (Å²) in [5, 5.41) is 5.96. The predicted octanol–water partition coefficient (Wildman–Crippen LogP) is 1.93. The molecular formula is C10H16ClF3N4O. The van der Waals surface area contributed by atoms with E-state index in [0.717, 1.165) is 12.6 Å². The number of rotatable bonds is 5. The molecule has 3 N–H and O–H groups in total. The Hall–Kier alpha value is -1.28. The number of alkyl halides is 3. The Kier molecular flexibility index (Phi) is 6.85. The van der Waals surface area contributed by atoms with Crippen molar-refractivity contribution in [2.75, 3.05) is 5.32 Å². The van der Waals surface area contributed by atoms with Gasteiger partial charge in [-0.25, -0.2) is 0 Å². The molecule has 1 rings (SSSR count). The molecule has 1 heterocycles. The van der Waals surface area contributed by atoms with Crippen LogP contribution in [0.1, 0.15) is 19.8 Å². The van der Waals surface area contributed by atoms with Crippen LogP contribution in [0.25, 0.3) is 0 Å². The van der Waals surface area contributed by atoms with Crippen LogP contribution in [0.2, 0.25) is 0 Å². The lowest BCUT2D eigenvalue weighted by Crippen LogP contribution is -2.35. The molecule has 0 aliphatic heterocycles. The molecule has 0 radical (unpaired) electrons. The van der Waals surface area contributed by atoms with Crippen LogP contribution in [0, 0.1) is 0 Å². The second-order valence-electron chi connectivity index (χ2n) is 3.90. The van der Waals surface area contributed by atoms with Crippen LogP contribution in [0.15, 0.2) is 12.3 Å². The van der Waals surface area contributed by atoms with Crippen LogP contribution in [0.4, 0.5) is 19.0 Å². The molecule has 19 heavy (non-hydrogen) atoms. The molecule has 5 nitrogen and oxygen atoms in total. The first-order valence-corrected chi connectivity index (χ1v) is 5.48. The third-order valence-corrected chi connectivity index (χ3v) is 2.17. The van der Waals surface area contributed by atoms with Gasteiger partial charge in [-0.15, -0.1) is 12.4 Å². The number of halogens is 4. The van der Waals surface area contributed by atoms with Crippen molar-refractivity contribution in [1.82, 2.24) is 9.78 Å². The first-order valence-electron chi connectivity index (χ1n) is 5.48. The van der Waals surface area contributed by atoms with Gasteiger partial charge in [-0.3, -0.25) is 9.48 Å². The Labute approximate surface area is 114 Å². The van der Waals surface area contributed by atoms with Gasteiger partial charge >= 0.3 is 6.18 Å². The molecule has 1 atom stereocenters. The van der Waals surface area contributed by atoms with Crippen LogP contribution in [0.5, 0.6) is 0 Å². The molecule has 0 bridgehead atoms. The molecule has 1 aromatic heterocycles. The standard InChI is InChI=1S/C10H15F3N4O.ClH/c1-2-3-7(14)9(18)15-8-4-5-17(16-8)6-10(11,12)13;/h4-5,7H,2-3,6,14H2,1H3,(H,15,16,18);1H. The molecule has 0 aliphatic carbocycles. The third-order valence-electron chi connectivity index (χ3n) is 2.17. The summed E-state index contributed by atoms with van der Waals surface area (Å²) in [4.78, 5) is 11.5. The van der Waals surface area contributed by atoms with Gasteiger partial charge in [-0.2, -0.15) is 18.3 Å². The largest absolute Gasteiger partial charge is 0.408 e. The number of nitrogens with two attached hydrogens (primary N) is 1. The van der Waals surface area contributed by atoms with Gasteiger partial charge in [-0.05, 0) is 6.42 Å². The number of nitrogens with one attached hydrogen (secondary N) is 1. The van der Waals surface area contributed by atoms with Crippen molar-refractivity contribution in [3.05, 3.63) is 12.3 Å². The van der Waals surface area contributed by atoms with Crippen molar-refractivity contribution in [3.63, 3.8) is 0 Å². The summed E-state index contributed by atoms with van der Waals surface area (Å²) < 4.78 is 36.9. The Balaban J connectivity index is 0.00000324. The first-order chi connectivity index (χ1) is 8.31. The third kappa shape index (κ3) is 6.44. The van der Waals surface area contributed by atoms with Crippen molar-refractivity contribution >= 4 is 24.1 Å². The molecule has 0 spiro atoms. The number of amides is 1. The van der Waals surface area contributed by atoms with Gasteiger partial charge < -0.3 is 11.1 Å². The maximum atomic E-state index is 12.1. The molecule has 1 aromatic rings. The van der Waals surface area contributed by atoms with Crippen molar-refractivity contribution in [2.45, 2.75) is 38.5 Å². The van der Waals surface area contributed by atoms with Gasteiger partial charge in [0.25, 0.3) is 0 Å². The maximum absolute atomic E-state index is 12.1. The number of hydrogen-bond acceptors (Lipinski definition) is 3. The fourth-order valence-corrected chi connectivity index (χ4v) is 1.36. The summed E-state index contributed by atoms with van der Waals surface area (Å²) in [5.74, 6) is -0.384. The van der Waals surface area contributed by atoms with Gasteiger partial charge in [0, 0.05) is 12.3 Å². The topological polar surface area (TPSA) is 72.9 Å². The fourth-order valence-electron chi connectivity index (χ4n) is 1.36. The molecule has 0 aliphatic rings. The summed E-state index contributed by atoms with van der Waals surface area (Å²) in [6.45, 7) is 0.690. The lowest BCUT2D eigenvalue weighted by Gasteiger charge is -2.09. The maximum Gasteiger partial charge on any atom is 0.408 e. The van der Waals surface area contributed by atoms with E-state index in [1.165, 1.54) is 6.07 Å². The Bertz CT molecular complexity index is 408. The lowest BCUT2D eigenvalue weighted by molar-refractivity contribution is -0.142. The van der Waals surface area contributed by atoms with Crippen molar-refractivity contribution < 1.29 is 18.0 Å². The first kappa shape index (κ1) is 17.7. The van der Waals surface area contributed by atoms with Gasteiger partial charge in [0.15, 0.2) is 5.82 Å². The minimum absolute atomic E-state index is 0. The highest BCUT2D eigenvalue weighted by Gasteiger charge is 2.28. The minimum atomic E-state index is -4.34. The molecule has 0 aromatic carbocycles. The monoisotopic (exact) mass is 300 g/mol. The molecule has 110 valence electrons. The van der Waals surface area contributed by atoms with Crippen LogP contribution >= 0.6 is 12.4 Å². The Morgan fingerprint density at radius 1 is 1.58 bits per heavy atom. The van der Waals surface area contributed by atoms with E-state index in [4.69, 9.17) is 5.73 Å². The lowest BCUT2D eigenvalue weighted by atomic mass is 10.2. The average molecular weight is 301 g/mol. The quantitative estimate of drug-likeness (QED) is 0.873. The zero-order valence-corrected chi connectivity index (χ0v) is 11.1. The highest BCUT2D eigenvalue weighted by atomic mass is 35.5. The zero-order valence-electron chi connectivity index (χ0n) is 10.3. The second-order valence-corrected chi connectivity index (χ2v) is 3.90. The van der Waals surface area contributed by atoms with Crippen molar-refractivity contribution in [1.29, 1.82) is 0 Å². The normalized spacial score (nSPS) is 12.7. The SMILES string of the molecule is CCCC(N)C(=O)Nc1ccn(CC(F)(F)F)n1.Cl.